The number of benzene rings is 4. The number of aliphatic hydroxyl groups is 1. The number of aryl methyl sites for hydroxylation is 1. The average Bonchev–Trinajstić information content (AvgIpc) is 3.66. The van der Waals surface area contributed by atoms with Crippen molar-refractivity contribution in [2.75, 3.05) is 34.0 Å². The van der Waals surface area contributed by atoms with Gasteiger partial charge >= 0.3 is 5.69 Å². The lowest BCUT2D eigenvalue weighted by atomic mass is 9.80. The van der Waals surface area contributed by atoms with Gasteiger partial charge in [-0.3, -0.25) is 28.8 Å². The van der Waals surface area contributed by atoms with Crippen molar-refractivity contribution in [1.82, 2.24) is 14.5 Å². The van der Waals surface area contributed by atoms with E-state index in [1.807, 2.05) is 78.9 Å². The summed E-state index contributed by atoms with van der Waals surface area (Å²) in [5.41, 5.74) is 0.740. The van der Waals surface area contributed by atoms with Crippen molar-refractivity contribution >= 4 is 11.8 Å². The minimum Gasteiger partial charge on any atom is -0.497 e. The van der Waals surface area contributed by atoms with E-state index in [0.717, 1.165) is 21.3 Å². The Morgan fingerprint density at radius 1 is 0.764 bits per heavy atom. The first-order chi connectivity index (χ1) is 26.7. The number of ether oxygens (including phenoxy) is 5. The Labute approximate surface area is 316 Å². The van der Waals surface area contributed by atoms with Crippen molar-refractivity contribution in [3.05, 3.63) is 164 Å². The van der Waals surface area contributed by atoms with Crippen molar-refractivity contribution in [3.63, 3.8) is 0 Å². The van der Waals surface area contributed by atoms with Gasteiger partial charge in [0.05, 0.1) is 32.0 Å². The maximum Gasteiger partial charge on any atom is 0.330 e. The van der Waals surface area contributed by atoms with Crippen molar-refractivity contribution in [3.8, 4) is 11.5 Å². The molecule has 1 unspecified atom stereocenters. The van der Waals surface area contributed by atoms with E-state index < -0.39 is 41.4 Å². The third-order valence-electron chi connectivity index (χ3n) is 10.1. The van der Waals surface area contributed by atoms with E-state index in [2.05, 4.69) is 4.98 Å². The molecule has 4 atom stereocenters. The lowest BCUT2D eigenvalue weighted by molar-refractivity contribution is -0.104. The summed E-state index contributed by atoms with van der Waals surface area (Å²) in [6, 6.07) is 31.4. The molecule has 0 spiro atoms. The van der Waals surface area contributed by atoms with Gasteiger partial charge in [0.2, 0.25) is 0 Å². The molecule has 13 heteroatoms. The first-order valence-corrected chi connectivity index (χ1v) is 17.9. The molecule has 1 fully saturated rings. The number of H-pyrrole nitrogens is 1. The molecule has 7 rings (SSSR count). The van der Waals surface area contributed by atoms with Crippen molar-refractivity contribution in [2.24, 2.45) is 0 Å². The minimum atomic E-state index is -1.39. The normalized spacial score (nSPS) is 19.5. The number of nitrogens with zero attached hydrogens (tertiary/aromatic N) is 2. The first-order valence-electron chi connectivity index (χ1n) is 17.9. The van der Waals surface area contributed by atoms with Gasteiger partial charge in [0.25, 0.3) is 17.4 Å². The molecule has 0 radical (unpaired) electrons. The van der Waals surface area contributed by atoms with Crippen LogP contribution in [0.25, 0.3) is 0 Å². The monoisotopic (exact) mass is 747 g/mol. The number of hydrogen-bond donors (Lipinski definition) is 2. The van der Waals surface area contributed by atoms with Gasteiger partial charge in [-0.25, -0.2) is 4.79 Å². The summed E-state index contributed by atoms with van der Waals surface area (Å²) in [5, 5.41) is 11.8. The van der Waals surface area contributed by atoms with Crippen LogP contribution >= 0.6 is 0 Å². The topological polar surface area (TPSA) is 159 Å². The number of rotatable bonds is 14. The zero-order valence-corrected chi connectivity index (χ0v) is 30.5. The fraction of sp³-hybridized carbons (Fsp3) is 0.286. The van der Waals surface area contributed by atoms with Crippen LogP contribution in [0.3, 0.4) is 0 Å². The van der Waals surface area contributed by atoms with Gasteiger partial charge in [0.1, 0.15) is 35.4 Å². The number of methoxy groups -OCH3 is 2. The SMILES string of the molecule is COc1ccc(C(OC[C@H]2O[C@@H](n3cc(C)c(=O)[nH]c3=O)C(O)[C@H]2OCCCN2C(=O)c3ccccc3C2=O)(c2ccccc2)c2ccc(OC)cc2)cc1. The number of nitrogens with one attached hydrogen (secondary N) is 1. The van der Waals surface area contributed by atoms with E-state index in [1.165, 1.54) is 11.1 Å². The van der Waals surface area contributed by atoms with Gasteiger partial charge in [-0.2, -0.15) is 0 Å². The van der Waals surface area contributed by atoms with Crippen LogP contribution in [0.1, 0.15) is 55.6 Å². The molecule has 1 aromatic heterocycles. The highest BCUT2D eigenvalue weighted by Gasteiger charge is 2.48. The molecule has 1 saturated heterocycles. The predicted molar refractivity (Wildman–Crippen MR) is 200 cm³/mol. The number of amides is 2. The highest BCUT2D eigenvalue weighted by Crippen LogP contribution is 2.43. The second kappa shape index (κ2) is 15.9. The highest BCUT2D eigenvalue weighted by molar-refractivity contribution is 6.21. The Morgan fingerprint density at radius 3 is 1.87 bits per heavy atom. The number of carbonyl (C=O) groups excluding carboxylic acids is 2. The Morgan fingerprint density at radius 2 is 1.31 bits per heavy atom. The number of aromatic nitrogens is 2. The Hall–Kier alpha value is -5.86. The molecule has 55 heavy (non-hydrogen) atoms. The first kappa shape index (κ1) is 37.5. The quantitative estimate of drug-likeness (QED) is 0.0959. The number of aliphatic hydroxyl groups excluding tert-OH is 1. The van der Waals surface area contributed by atoms with E-state index in [4.69, 9.17) is 23.7 Å². The Balaban J connectivity index is 1.21. The van der Waals surface area contributed by atoms with Crippen LogP contribution in [0.15, 0.2) is 119 Å². The number of carbonyl (C=O) groups is 2. The maximum absolute atomic E-state index is 13.0. The largest absolute Gasteiger partial charge is 0.497 e. The van der Waals surface area contributed by atoms with Crippen molar-refractivity contribution in [2.45, 2.75) is 43.5 Å². The van der Waals surface area contributed by atoms with Crippen LogP contribution in [0.2, 0.25) is 0 Å². The summed E-state index contributed by atoms with van der Waals surface area (Å²) in [6.07, 6.45) is -3.02. The summed E-state index contributed by atoms with van der Waals surface area (Å²) in [6.45, 7) is 1.52. The van der Waals surface area contributed by atoms with Crippen LogP contribution in [0.4, 0.5) is 0 Å². The lowest BCUT2D eigenvalue weighted by Gasteiger charge is -2.37. The smallest absolute Gasteiger partial charge is 0.330 e. The molecule has 2 N–H and O–H groups in total. The molecule has 2 aliphatic heterocycles. The van der Waals surface area contributed by atoms with Crippen LogP contribution in [0.5, 0.6) is 11.5 Å². The molecule has 2 aliphatic rings. The van der Waals surface area contributed by atoms with E-state index in [9.17, 15) is 24.3 Å². The van der Waals surface area contributed by atoms with E-state index in [0.29, 0.717) is 22.6 Å². The molecule has 0 saturated carbocycles. The summed E-state index contributed by atoms with van der Waals surface area (Å²) in [7, 11) is 3.18. The van der Waals surface area contributed by atoms with Crippen molar-refractivity contribution < 1.29 is 38.4 Å². The number of fused-ring (bicyclic) bond motifs is 1. The van der Waals surface area contributed by atoms with Gasteiger partial charge in [0.15, 0.2) is 6.23 Å². The maximum atomic E-state index is 13.0. The predicted octanol–water partition coefficient (Wildman–Crippen LogP) is 4.20. The summed E-state index contributed by atoms with van der Waals surface area (Å²) < 4.78 is 31.8. The summed E-state index contributed by atoms with van der Waals surface area (Å²) in [5.74, 6) is 0.556. The lowest BCUT2D eigenvalue weighted by Crippen LogP contribution is -2.42. The van der Waals surface area contributed by atoms with Gasteiger partial charge in [0, 0.05) is 24.9 Å². The van der Waals surface area contributed by atoms with Crippen LogP contribution in [-0.2, 0) is 19.8 Å². The fourth-order valence-corrected chi connectivity index (χ4v) is 7.23. The molecule has 3 heterocycles. The molecular formula is C42H41N3O10. The number of aromatic amines is 1. The molecule has 0 bridgehead atoms. The second-order valence-electron chi connectivity index (χ2n) is 13.3. The van der Waals surface area contributed by atoms with E-state index in [1.54, 1.807) is 45.4 Å². The minimum absolute atomic E-state index is 0.0298. The average molecular weight is 748 g/mol. The van der Waals surface area contributed by atoms with Gasteiger partial charge < -0.3 is 28.8 Å². The summed E-state index contributed by atoms with van der Waals surface area (Å²) >= 11 is 0. The number of hydrogen-bond acceptors (Lipinski definition) is 10. The van der Waals surface area contributed by atoms with E-state index >= 15 is 0 Å². The molecule has 13 nitrogen and oxygen atoms in total. The van der Waals surface area contributed by atoms with Crippen LogP contribution in [-0.4, -0.2) is 83.7 Å². The molecule has 4 aromatic carbocycles. The van der Waals surface area contributed by atoms with E-state index in [-0.39, 0.29) is 43.6 Å². The third kappa shape index (κ3) is 7.10. The van der Waals surface area contributed by atoms with Crippen molar-refractivity contribution in [1.29, 1.82) is 0 Å². The molecule has 0 aliphatic carbocycles. The Bertz CT molecular complexity index is 2190. The zero-order chi connectivity index (χ0) is 38.7. The Kier molecular flexibility index (Phi) is 10.8. The number of imide groups is 1. The van der Waals surface area contributed by atoms with Crippen LogP contribution < -0.4 is 20.7 Å². The van der Waals surface area contributed by atoms with Gasteiger partial charge in [-0.05, 0) is 66.4 Å². The molecule has 2 amide bonds. The van der Waals surface area contributed by atoms with Crippen LogP contribution in [0, 0.1) is 6.92 Å². The third-order valence-corrected chi connectivity index (χ3v) is 10.1. The second-order valence-corrected chi connectivity index (χ2v) is 13.3. The van der Waals surface area contributed by atoms with Gasteiger partial charge in [-0.1, -0.05) is 66.7 Å². The standard InChI is InChI=1S/C42H41N3O10/c1-26-24-45(41(50)43-37(26)47)40-35(46)36(53-23-9-22-44-38(48)32-12-7-8-13-33(32)39(44)49)34(55-40)25-54-42(27-10-5-4-6-11-27,28-14-18-30(51-2)19-15-28)29-16-20-31(52-3)21-17-29/h4-8,10-21,24,34-36,40,46H,9,22-23,25H2,1-3H3,(H,43,47,50)/t34-,35?,36+,40-/m1/s1. The fourth-order valence-electron chi connectivity index (χ4n) is 7.23. The molecule has 5 aromatic rings. The molecule has 284 valence electrons. The highest BCUT2D eigenvalue weighted by atomic mass is 16.6. The van der Waals surface area contributed by atoms with Gasteiger partial charge in [-0.15, -0.1) is 0 Å². The summed E-state index contributed by atoms with van der Waals surface area (Å²) in [4.78, 5) is 54.6. The molecular weight excluding hydrogens is 706 g/mol. The zero-order valence-electron chi connectivity index (χ0n) is 30.5.